The summed E-state index contributed by atoms with van der Waals surface area (Å²) in [5.41, 5.74) is 0.317. The highest BCUT2D eigenvalue weighted by Crippen LogP contribution is 2.21. The molecule has 0 spiro atoms. The van der Waals surface area contributed by atoms with E-state index in [0.29, 0.717) is 32.0 Å². The summed E-state index contributed by atoms with van der Waals surface area (Å²) in [5, 5.41) is 10.7. The number of hydrogen-bond acceptors (Lipinski definition) is 6. The lowest BCUT2D eigenvalue weighted by Crippen LogP contribution is -2.49. The molecule has 0 unspecified atom stereocenters. The molecule has 25 heavy (non-hydrogen) atoms. The molecule has 3 rings (SSSR count). The molecule has 1 saturated heterocycles. The van der Waals surface area contributed by atoms with Crippen LogP contribution in [0.5, 0.6) is 0 Å². The smallest absolute Gasteiger partial charge is 0.332 e. The number of nitro groups is 1. The van der Waals surface area contributed by atoms with Crippen LogP contribution in [-0.4, -0.2) is 40.2 Å². The van der Waals surface area contributed by atoms with E-state index in [4.69, 9.17) is 0 Å². The largest absolute Gasteiger partial charge is 0.368 e. The van der Waals surface area contributed by atoms with Gasteiger partial charge in [-0.2, -0.15) is 0 Å². The Kier molecular flexibility index (Phi) is 4.30. The predicted molar refractivity (Wildman–Crippen MR) is 94.4 cm³/mol. The van der Waals surface area contributed by atoms with Crippen molar-refractivity contribution >= 4 is 17.2 Å². The summed E-state index contributed by atoms with van der Waals surface area (Å²) < 4.78 is 2.56. The molecule has 0 radical (unpaired) electrons. The fourth-order valence-electron chi connectivity index (χ4n) is 3.00. The van der Waals surface area contributed by atoms with Crippen LogP contribution in [0.25, 0.3) is 0 Å². The maximum Gasteiger partial charge on any atom is 0.332 e. The Morgan fingerprint density at radius 1 is 0.920 bits per heavy atom. The number of nitro benzene ring substituents is 1. The second-order valence-corrected chi connectivity index (χ2v) is 5.99. The van der Waals surface area contributed by atoms with Crippen molar-refractivity contribution in [3.8, 4) is 0 Å². The summed E-state index contributed by atoms with van der Waals surface area (Å²) in [6.45, 7) is 2.69. The van der Waals surface area contributed by atoms with Crippen LogP contribution in [0.15, 0.2) is 39.9 Å². The molecule has 0 aliphatic carbocycles. The molecular formula is C16H19N5O4. The molecule has 0 N–H and O–H groups in total. The van der Waals surface area contributed by atoms with Gasteiger partial charge in [0.2, 0.25) is 0 Å². The summed E-state index contributed by atoms with van der Waals surface area (Å²) in [6.07, 6.45) is 0. The molecule has 9 nitrogen and oxygen atoms in total. The Hall–Kier alpha value is -3.10. The van der Waals surface area contributed by atoms with Crippen LogP contribution >= 0.6 is 0 Å². The van der Waals surface area contributed by atoms with Crippen molar-refractivity contribution < 1.29 is 4.92 Å². The highest BCUT2D eigenvalue weighted by molar-refractivity contribution is 5.52. The first-order valence-electron chi connectivity index (χ1n) is 7.90. The van der Waals surface area contributed by atoms with E-state index in [1.165, 1.54) is 29.8 Å². The normalized spacial score (nSPS) is 14.6. The van der Waals surface area contributed by atoms with Crippen molar-refractivity contribution in [2.45, 2.75) is 0 Å². The van der Waals surface area contributed by atoms with E-state index in [1.807, 2.05) is 4.90 Å². The summed E-state index contributed by atoms with van der Waals surface area (Å²) in [4.78, 5) is 38.4. The highest BCUT2D eigenvalue weighted by atomic mass is 16.6. The van der Waals surface area contributed by atoms with Gasteiger partial charge in [0.1, 0.15) is 5.82 Å². The summed E-state index contributed by atoms with van der Waals surface area (Å²) in [7, 11) is 3.11. The van der Waals surface area contributed by atoms with Crippen LogP contribution in [0.2, 0.25) is 0 Å². The minimum Gasteiger partial charge on any atom is -0.368 e. The van der Waals surface area contributed by atoms with E-state index in [-0.39, 0.29) is 16.9 Å². The first-order valence-corrected chi connectivity index (χ1v) is 7.90. The fourth-order valence-corrected chi connectivity index (χ4v) is 3.00. The molecule has 0 atom stereocenters. The van der Waals surface area contributed by atoms with Gasteiger partial charge in [-0.1, -0.05) is 0 Å². The molecule has 0 saturated carbocycles. The minimum absolute atomic E-state index is 0.0671. The Morgan fingerprint density at radius 3 is 2.04 bits per heavy atom. The van der Waals surface area contributed by atoms with Gasteiger partial charge >= 0.3 is 5.69 Å². The molecule has 2 aromatic rings. The molecule has 9 heteroatoms. The number of piperazine rings is 1. The summed E-state index contributed by atoms with van der Waals surface area (Å²) in [6, 6.07) is 7.94. The van der Waals surface area contributed by atoms with Gasteiger partial charge in [-0.15, -0.1) is 0 Å². The minimum atomic E-state index is -0.419. The number of hydrogen-bond donors (Lipinski definition) is 0. The maximum absolute atomic E-state index is 12.1. The maximum atomic E-state index is 12.1. The lowest BCUT2D eigenvalue weighted by Gasteiger charge is -2.37. The second-order valence-electron chi connectivity index (χ2n) is 5.99. The van der Waals surface area contributed by atoms with Crippen molar-refractivity contribution in [1.82, 2.24) is 9.13 Å². The van der Waals surface area contributed by atoms with Crippen LogP contribution < -0.4 is 21.0 Å². The molecule has 2 heterocycles. The van der Waals surface area contributed by atoms with Gasteiger partial charge in [-0.05, 0) is 12.1 Å². The number of benzene rings is 1. The van der Waals surface area contributed by atoms with Crippen LogP contribution in [0, 0.1) is 10.1 Å². The monoisotopic (exact) mass is 345 g/mol. The van der Waals surface area contributed by atoms with Gasteiger partial charge in [0, 0.05) is 64.2 Å². The molecule has 1 aliphatic heterocycles. The predicted octanol–water partition coefficient (Wildman–Crippen LogP) is 0.319. The Bertz CT molecular complexity index is 908. The number of aromatic nitrogens is 2. The van der Waals surface area contributed by atoms with E-state index < -0.39 is 4.92 Å². The molecule has 132 valence electrons. The topological polar surface area (TPSA) is 93.6 Å². The number of nitrogens with zero attached hydrogens (tertiary/aromatic N) is 5. The second kappa shape index (κ2) is 6.42. The van der Waals surface area contributed by atoms with Crippen molar-refractivity contribution in [2.24, 2.45) is 14.1 Å². The van der Waals surface area contributed by atoms with Gasteiger partial charge in [-0.25, -0.2) is 4.79 Å². The first-order chi connectivity index (χ1) is 11.9. The standard InChI is InChI=1S/C16H19N5O4/c1-17-14(11-15(22)18(2)16(17)23)20-9-7-19(8-10-20)12-3-5-13(6-4-12)21(24)25/h3-6,11H,7-10H2,1-2H3. The number of rotatable bonds is 3. The highest BCUT2D eigenvalue weighted by Gasteiger charge is 2.21. The Morgan fingerprint density at radius 2 is 1.48 bits per heavy atom. The van der Waals surface area contributed by atoms with Crippen molar-refractivity contribution in [3.05, 3.63) is 61.3 Å². The molecule has 1 fully saturated rings. The lowest BCUT2D eigenvalue weighted by atomic mass is 10.2. The average Bonchev–Trinajstić information content (AvgIpc) is 2.63. The molecule has 1 aromatic heterocycles. The Labute approximate surface area is 143 Å². The van der Waals surface area contributed by atoms with Crippen molar-refractivity contribution in [1.29, 1.82) is 0 Å². The van der Waals surface area contributed by atoms with Crippen LogP contribution in [0.3, 0.4) is 0 Å². The zero-order valence-electron chi connectivity index (χ0n) is 14.1. The van der Waals surface area contributed by atoms with Crippen LogP contribution in [-0.2, 0) is 14.1 Å². The molecule has 0 amide bonds. The molecule has 1 aromatic carbocycles. The SMILES string of the molecule is Cn1c(N2CCN(c3ccc([N+](=O)[O-])cc3)CC2)cc(=O)n(C)c1=O. The third kappa shape index (κ3) is 3.12. The third-order valence-corrected chi connectivity index (χ3v) is 4.53. The lowest BCUT2D eigenvalue weighted by molar-refractivity contribution is -0.384. The van der Waals surface area contributed by atoms with Gasteiger partial charge in [0.05, 0.1) is 4.92 Å². The van der Waals surface area contributed by atoms with Gasteiger partial charge in [-0.3, -0.25) is 24.0 Å². The quantitative estimate of drug-likeness (QED) is 0.587. The molecular weight excluding hydrogens is 326 g/mol. The van der Waals surface area contributed by atoms with E-state index in [1.54, 1.807) is 19.2 Å². The molecule has 0 bridgehead atoms. The Balaban J connectivity index is 1.75. The third-order valence-electron chi connectivity index (χ3n) is 4.53. The van der Waals surface area contributed by atoms with E-state index in [9.17, 15) is 19.7 Å². The fraction of sp³-hybridized carbons (Fsp3) is 0.375. The van der Waals surface area contributed by atoms with Crippen molar-refractivity contribution in [3.63, 3.8) is 0 Å². The zero-order valence-corrected chi connectivity index (χ0v) is 14.1. The first kappa shape index (κ1) is 16.7. The zero-order chi connectivity index (χ0) is 18.1. The molecule has 1 aliphatic rings. The van der Waals surface area contributed by atoms with Crippen molar-refractivity contribution in [2.75, 3.05) is 36.0 Å². The van der Waals surface area contributed by atoms with Crippen LogP contribution in [0.4, 0.5) is 17.2 Å². The van der Waals surface area contributed by atoms with Gasteiger partial charge < -0.3 is 9.80 Å². The summed E-state index contributed by atoms with van der Waals surface area (Å²) >= 11 is 0. The van der Waals surface area contributed by atoms with E-state index in [0.717, 1.165) is 10.3 Å². The number of non-ortho nitro benzene ring substituents is 1. The van der Waals surface area contributed by atoms with Crippen LogP contribution in [0.1, 0.15) is 0 Å². The average molecular weight is 345 g/mol. The van der Waals surface area contributed by atoms with E-state index >= 15 is 0 Å². The summed E-state index contributed by atoms with van der Waals surface area (Å²) in [5.74, 6) is 0.608. The van der Waals surface area contributed by atoms with Gasteiger partial charge in [0.25, 0.3) is 11.2 Å². The number of anilines is 2. The van der Waals surface area contributed by atoms with Gasteiger partial charge in [0.15, 0.2) is 0 Å². The van der Waals surface area contributed by atoms with E-state index in [2.05, 4.69) is 4.90 Å².